The highest BCUT2D eigenvalue weighted by atomic mass is 32.2. The lowest BCUT2D eigenvalue weighted by Gasteiger charge is -2.06. The Morgan fingerprint density at radius 2 is 1.50 bits per heavy atom. The van der Waals surface area contributed by atoms with Gasteiger partial charge in [-0.1, -0.05) is 36.4 Å². The summed E-state index contributed by atoms with van der Waals surface area (Å²) in [5.74, 6) is 0. The molecular formula is C13H14O4S. The van der Waals surface area contributed by atoms with Crippen LogP contribution in [0.3, 0.4) is 0 Å². The average Bonchev–Trinajstić information content (AvgIpc) is 2.29. The van der Waals surface area contributed by atoms with Crippen molar-refractivity contribution in [2.24, 2.45) is 0 Å². The van der Waals surface area contributed by atoms with E-state index in [-0.39, 0.29) is 10.4 Å². The van der Waals surface area contributed by atoms with Gasteiger partial charge in [0.1, 0.15) is 0 Å². The topological polar surface area (TPSA) is 85.9 Å². The van der Waals surface area contributed by atoms with Crippen molar-refractivity contribution < 1.29 is 18.4 Å². The van der Waals surface area contributed by atoms with Crippen LogP contribution < -0.4 is 0 Å². The van der Waals surface area contributed by atoms with Gasteiger partial charge in [0.15, 0.2) is 0 Å². The fourth-order valence-electron chi connectivity index (χ4n) is 1.70. The van der Waals surface area contributed by atoms with Gasteiger partial charge in [-0.05, 0) is 35.7 Å². The summed E-state index contributed by atoms with van der Waals surface area (Å²) in [7, 11) is -4.11. The van der Waals surface area contributed by atoms with Crippen molar-refractivity contribution in [3.05, 3.63) is 54.1 Å². The summed E-state index contributed by atoms with van der Waals surface area (Å²) in [5.41, 5.74) is 3.09. The van der Waals surface area contributed by atoms with Crippen LogP contribution >= 0.6 is 0 Å². The van der Waals surface area contributed by atoms with E-state index in [0.29, 0.717) is 0 Å². The number of aryl methyl sites for hydroxylation is 1. The first kappa shape index (κ1) is 14.4. The molecule has 0 aliphatic carbocycles. The molecule has 2 aromatic rings. The largest absolute Gasteiger partial charge is 0.412 e. The quantitative estimate of drug-likeness (QED) is 0.844. The Kier molecular flexibility index (Phi) is 4.24. The van der Waals surface area contributed by atoms with E-state index in [1.54, 1.807) is 12.1 Å². The summed E-state index contributed by atoms with van der Waals surface area (Å²) in [6.45, 7) is 1.99. The van der Waals surface area contributed by atoms with Crippen molar-refractivity contribution in [3.8, 4) is 11.1 Å². The van der Waals surface area contributed by atoms with Crippen molar-refractivity contribution in [3.63, 3.8) is 0 Å². The van der Waals surface area contributed by atoms with Gasteiger partial charge < -0.3 is 5.48 Å². The van der Waals surface area contributed by atoms with Crippen LogP contribution in [0.5, 0.6) is 0 Å². The minimum absolute atomic E-state index is 0. The molecule has 0 heterocycles. The van der Waals surface area contributed by atoms with Crippen LogP contribution in [-0.4, -0.2) is 18.4 Å². The van der Waals surface area contributed by atoms with Gasteiger partial charge >= 0.3 is 0 Å². The molecule has 96 valence electrons. The number of hydrogen-bond acceptors (Lipinski definition) is 2. The number of hydrogen-bond donors (Lipinski definition) is 1. The van der Waals surface area contributed by atoms with Gasteiger partial charge in [-0.2, -0.15) is 8.42 Å². The Morgan fingerprint density at radius 1 is 0.944 bits per heavy atom. The predicted octanol–water partition coefficient (Wildman–Crippen LogP) is 2.08. The highest BCUT2D eigenvalue weighted by molar-refractivity contribution is 7.85. The Labute approximate surface area is 106 Å². The first-order valence-corrected chi connectivity index (χ1v) is 6.56. The molecule has 4 nitrogen and oxygen atoms in total. The van der Waals surface area contributed by atoms with E-state index in [2.05, 4.69) is 0 Å². The third-order valence-electron chi connectivity index (χ3n) is 2.61. The summed E-state index contributed by atoms with van der Waals surface area (Å²) >= 11 is 0. The van der Waals surface area contributed by atoms with Gasteiger partial charge in [0.25, 0.3) is 10.1 Å². The minimum atomic E-state index is -4.11. The fourth-order valence-corrected chi connectivity index (χ4v) is 2.18. The maximum atomic E-state index is 10.9. The predicted molar refractivity (Wildman–Crippen MR) is 70.0 cm³/mol. The van der Waals surface area contributed by atoms with Gasteiger partial charge in [0, 0.05) is 0 Å². The zero-order valence-corrected chi connectivity index (χ0v) is 10.6. The normalized spacial score (nSPS) is 10.8. The summed E-state index contributed by atoms with van der Waals surface area (Å²) in [6, 6.07) is 14.0. The fraction of sp³-hybridized carbons (Fsp3) is 0.0769. The molecule has 0 bridgehead atoms. The lowest BCUT2D eigenvalue weighted by Crippen LogP contribution is -1.97. The van der Waals surface area contributed by atoms with E-state index < -0.39 is 10.1 Å². The first-order valence-electron chi connectivity index (χ1n) is 5.12. The summed E-state index contributed by atoms with van der Waals surface area (Å²) < 4.78 is 30.7. The summed E-state index contributed by atoms with van der Waals surface area (Å²) in [6.07, 6.45) is 0. The van der Waals surface area contributed by atoms with Crippen LogP contribution in [-0.2, 0) is 10.1 Å². The lowest BCUT2D eigenvalue weighted by atomic mass is 10.0. The highest BCUT2D eigenvalue weighted by Gasteiger charge is 2.09. The molecule has 0 aromatic heterocycles. The smallest absolute Gasteiger partial charge is 0.294 e. The van der Waals surface area contributed by atoms with Crippen molar-refractivity contribution in [1.82, 2.24) is 0 Å². The molecular weight excluding hydrogens is 252 g/mol. The molecule has 0 radical (unpaired) electrons. The Balaban J connectivity index is 0.00000162. The second-order valence-electron chi connectivity index (χ2n) is 3.81. The monoisotopic (exact) mass is 266 g/mol. The van der Waals surface area contributed by atoms with E-state index in [1.807, 2.05) is 31.2 Å². The Morgan fingerprint density at radius 3 is 2.00 bits per heavy atom. The van der Waals surface area contributed by atoms with Crippen LogP contribution in [0.1, 0.15) is 5.56 Å². The van der Waals surface area contributed by atoms with Gasteiger partial charge in [0.2, 0.25) is 0 Å². The third-order valence-corrected chi connectivity index (χ3v) is 3.48. The molecule has 0 spiro atoms. The van der Waals surface area contributed by atoms with Crippen molar-refractivity contribution >= 4 is 10.1 Å². The van der Waals surface area contributed by atoms with Gasteiger partial charge in [0.05, 0.1) is 4.90 Å². The molecule has 0 saturated carbocycles. The molecule has 0 saturated heterocycles. The molecule has 0 aliphatic heterocycles. The molecule has 2 rings (SSSR count). The van der Waals surface area contributed by atoms with Gasteiger partial charge in [-0.25, -0.2) is 0 Å². The maximum Gasteiger partial charge on any atom is 0.294 e. The lowest BCUT2D eigenvalue weighted by molar-refractivity contribution is 0.483. The van der Waals surface area contributed by atoms with E-state index in [4.69, 9.17) is 4.55 Å². The Bertz CT molecular complexity index is 630. The van der Waals surface area contributed by atoms with Crippen LogP contribution in [0.4, 0.5) is 0 Å². The zero-order valence-electron chi connectivity index (χ0n) is 9.79. The van der Waals surface area contributed by atoms with E-state index >= 15 is 0 Å². The van der Waals surface area contributed by atoms with Gasteiger partial charge in [-0.3, -0.25) is 4.55 Å². The molecule has 2 aromatic carbocycles. The van der Waals surface area contributed by atoms with Crippen molar-refractivity contribution in [1.29, 1.82) is 0 Å². The molecule has 0 unspecified atom stereocenters. The van der Waals surface area contributed by atoms with E-state index in [0.717, 1.165) is 16.7 Å². The van der Waals surface area contributed by atoms with Crippen LogP contribution in [0.25, 0.3) is 11.1 Å². The zero-order chi connectivity index (χ0) is 12.5. The first-order chi connectivity index (χ1) is 7.98. The second kappa shape index (κ2) is 5.30. The van der Waals surface area contributed by atoms with Crippen molar-refractivity contribution in [2.45, 2.75) is 11.8 Å². The molecule has 0 fully saturated rings. The standard InChI is InChI=1S/C13H12O3S.H2O/c1-10-4-2-3-5-13(10)11-6-8-12(9-7-11)17(14,15)16;/h2-9H,1H3,(H,14,15,16);1H2. The molecule has 0 amide bonds. The van der Waals surface area contributed by atoms with E-state index in [1.165, 1.54) is 12.1 Å². The molecule has 0 atom stereocenters. The summed E-state index contributed by atoms with van der Waals surface area (Å²) in [4.78, 5) is -0.0881. The Hall–Kier alpha value is -1.69. The molecule has 0 aliphatic rings. The van der Waals surface area contributed by atoms with Gasteiger partial charge in [-0.15, -0.1) is 0 Å². The molecule has 3 N–H and O–H groups in total. The third kappa shape index (κ3) is 2.95. The van der Waals surface area contributed by atoms with Crippen LogP contribution in [0, 0.1) is 6.92 Å². The molecule has 18 heavy (non-hydrogen) atoms. The number of benzene rings is 2. The summed E-state index contributed by atoms with van der Waals surface area (Å²) in [5, 5.41) is 0. The minimum Gasteiger partial charge on any atom is -0.412 e. The SMILES string of the molecule is Cc1ccccc1-c1ccc(S(=O)(=O)O)cc1.O. The van der Waals surface area contributed by atoms with Crippen LogP contribution in [0.15, 0.2) is 53.4 Å². The van der Waals surface area contributed by atoms with E-state index in [9.17, 15) is 8.42 Å². The molecule has 5 heteroatoms. The maximum absolute atomic E-state index is 10.9. The second-order valence-corrected chi connectivity index (χ2v) is 5.24. The van der Waals surface area contributed by atoms with Crippen molar-refractivity contribution in [2.75, 3.05) is 0 Å². The van der Waals surface area contributed by atoms with Crippen LogP contribution in [0.2, 0.25) is 0 Å². The highest BCUT2D eigenvalue weighted by Crippen LogP contribution is 2.24. The average molecular weight is 266 g/mol. The number of rotatable bonds is 2.